The van der Waals surface area contributed by atoms with Gasteiger partial charge in [0.05, 0.1) is 0 Å². The summed E-state index contributed by atoms with van der Waals surface area (Å²) in [5.74, 6) is 0. The summed E-state index contributed by atoms with van der Waals surface area (Å²) < 4.78 is 0. The number of rotatable bonds is 3. The van der Waals surface area contributed by atoms with E-state index in [1.807, 2.05) is 0 Å². The second-order valence-electron chi connectivity index (χ2n) is 19.3. The Labute approximate surface area is 390 Å². The maximum absolute atomic E-state index is 2.48. The zero-order chi connectivity index (χ0) is 43.9. The van der Waals surface area contributed by atoms with Crippen molar-refractivity contribution in [2.24, 2.45) is 0 Å². The molecule has 0 heteroatoms. The summed E-state index contributed by atoms with van der Waals surface area (Å²) >= 11 is 0. The Morgan fingerprint density at radius 2 is 0.529 bits per heavy atom. The molecule has 0 nitrogen and oxygen atoms in total. The van der Waals surface area contributed by atoms with Crippen molar-refractivity contribution in [2.75, 3.05) is 0 Å². The van der Waals surface area contributed by atoms with Crippen molar-refractivity contribution < 1.29 is 0 Å². The zero-order valence-electron chi connectivity index (χ0n) is 36.8. The van der Waals surface area contributed by atoms with Gasteiger partial charge in [0.1, 0.15) is 0 Å². The largest absolute Gasteiger partial charge is 0.0622 e. The normalized spacial score (nSPS) is 12.7. The molecule has 16 aromatic rings. The molecule has 0 atom stereocenters. The van der Waals surface area contributed by atoms with E-state index >= 15 is 0 Å². The van der Waals surface area contributed by atoms with Crippen LogP contribution in [0.3, 0.4) is 0 Å². The molecule has 0 amide bonds. The summed E-state index contributed by atoms with van der Waals surface area (Å²) in [6.07, 6.45) is 0. The highest BCUT2D eigenvalue weighted by molar-refractivity contribution is 6.51. The van der Waals surface area contributed by atoms with Crippen molar-refractivity contribution in [1.82, 2.24) is 0 Å². The smallest absolute Gasteiger partial charge is 0.000696 e. The molecule has 0 bridgehead atoms. The summed E-state index contributed by atoms with van der Waals surface area (Å²) in [6, 6.07) is 82.9. The topological polar surface area (TPSA) is 0 Å². The second-order valence-corrected chi connectivity index (χ2v) is 19.3. The maximum Gasteiger partial charge on any atom is -0.000696 e. The molecule has 0 fully saturated rings. The lowest BCUT2D eigenvalue weighted by Crippen LogP contribution is -1.88. The summed E-state index contributed by atoms with van der Waals surface area (Å²) in [6.45, 7) is 0. The van der Waals surface area contributed by atoms with Gasteiger partial charge in [0.25, 0.3) is 0 Å². The molecule has 1 aliphatic rings. The Bertz CT molecular complexity index is 4690. The summed E-state index contributed by atoms with van der Waals surface area (Å²) in [4.78, 5) is 0. The first-order chi connectivity index (χ1) is 33.8. The van der Waals surface area contributed by atoms with Gasteiger partial charge in [-0.2, -0.15) is 0 Å². The van der Waals surface area contributed by atoms with E-state index in [0.717, 1.165) is 0 Å². The first-order valence-corrected chi connectivity index (χ1v) is 23.9. The van der Waals surface area contributed by atoms with E-state index in [0.29, 0.717) is 0 Å². The average Bonchev–Trinajstić information content (AvgIpc) is 4.03. The number of hydrogen-bond donors (Lipinski definition) is 0. The summed E-state index contributed by atoms with van der Waals surface area (Å²) in [7, 11) is 0. The number of fused-ring (bicyclic) bond motifs is 14. The summed E-state index contributed by atoms with van der Waals surface area (Å²) in [5.41, 5.74) is 12.9. The standard InChI is InChI=1S/C68H36/c1-4-13-37(14-5-1)42-23-24-43(38-15-6-2-7-16-38)57-34-41-36-59-52-28-26-48-50-30-32-55-65-54(31-29-49(62(50)65)47-25-27-51(63(52)61(47)48)58(59)35-40(41)33-56(42)57)67-60(39-17-8-3-9-18-39)53-22-12-21-45-44-19-10-11-20-46(44)66(64(45)53)68(55)67/h1-36H. The molecule has 1 aliphatic carbocycles. The van der Waals surface area contributed by atoms with Crippen molar-refractivity contribution in [3.63, 3.8) is 0 Å². The predicted molar refractivity (Wildman–Crippen MR) is 293 cm³/mol. The predicted octanol–water partition coefficient (Wildman–Crippen LogP) is 19.3. The highest BCUT2D eigenvalue weighted by Crippen LogP contribution is 2.57. The van der Waals surface area contributed by atoms with E-state index < -0.39 is 0 Å². The van der Waals surface area contributed by atoms with E-state index in [2.05, 4.69) is 218 Å². The van der Waals surface area contributed by atoms with Crippen LogP contribution in [-0.4, -0.2) is 0 Å². The third kappa shape index (κ3) is 4.28. The lowest BCUT2D eigenvalue weighted by molar-refractivity contribution is 1.63. The minimum Gasteiger partial charge on any atom is -0.0622 e. The van der Waals surface area contributed by atoms with Crippen LogP contribution in [0.1, 0.15) is 0 Å². The Balaban J connectivity index is 0.956. The van der Waals surface area contributed by atoms with E-state index in [1.54, 1.807) is 0 Å². The average molecular weight is 853 g/mol. The summed E-state index contributed by atoms with van der Waals surface area (Å²) in [5, 5.41) is 29.5. The van der Waals surface area contributed by atoms with E-state index in [9.17, 15) is 0 Å². The molecule has 0 radical (unpaired) electrons. The third-order valence-corrected chi connectivity index (χ3v) is 16.2. The Kier molecular flexibility index (Phi) is 6.53. The lowest BCUT2D eigenvalue weighted by atomic mass is 9.87. The quantitative estimate of drug-likeness (QED) is 0.123. The fourth-order valence-electron chi connectivity index (χ4n) is 13.5. The SMILES string of the molecule is c1ccc(-c2ccc(-c3ccccc3)c3cc4cc5c(cc4cc23)-c2ccc3c4ccc6c7c(-c8ccccc8)c8cccc9c%10ccccc%10c(c89)c7c7ccc(c8ccc-5c2c38)c4c67)cc1. The Hall–Kier alpha value is -8.84. The van der Waals surface area contributed by atoms with Crippen molar-refractivity contribution in [3.05, 3.63) is 218 Å². The molecule has 0 N–H and O–H groups in total. The van der Waals surface area contributed by atoms with Crippen LogP contribution in [0.4, 0.5) is 0 Å². The molecule has 0 spiro atoms. The molecule has 0 unspecified atom stereocenters. The molecule has 308 valence electrons. The van der Waals surface area contributed by atoms with Gasteiger partial charge >= 0.3 is 0 Å². The van der Waals surface area contributed by atoms with Gasteiger partial charge in [-0.05, 0) is 198 Å². The highest BCUT2D eigenvalue weighted by Gasteiger charge is 2.29. The van der Waals surface area contributed by atoms with Crippen molar-refractivity contribution >= 4 is 118 Å². The first kappa shape index (κ1) is 35.4. The second kappa shape index (κ2) is 12.5. The Morgan fingerprint density at radius 3 is 1.12 bits per heavy atom. The molecule has 0 saturated heterocycles. The van der Waals surface area contributed by atoms with Gasteiger partial charge in [-0.3, -0.25) is 0 Å². The molecule has 16 aromatic carbocycles. The fraction of sp³-hybridized carbons (Fsp3) is 0. The van der Waals surface area contributed by atoms with Crippen LogP contribution < -0.4 is 0 Å². The molecular weight excluding hydrogens is 817 g/mol. The maximum atomic E-state index is 2.48. The van der Waals surface area contributed by atoms with Gasteiger partial charge in [-0.25, -0.2) is 0 Å². The van der Waals surface area contributed by atoms with E-state index in [1.165, 1.54) is 174 Å². The van der Waals surface area contributed by atoms with Crippen molar-refractivity contribution in [2.45, 2.75) is 0 Å². The van der Waals surface area contributed by atoms with Crippen molar-refractivity contribution in [3.8, 4) is 55.6 Å². The van der Waals surface area contributed by atoms with Crippen LogP contribution in [0.25, 0.3) is 174 Å². The monoisotopic (exact) mass is 852 g/mol. The van der Waals surface area contributed by atoms with Gasteiger partial charge in [0.15, 0.2) is 0 Å². The zero-order valence-corrected chi connectivity index (χ0v) is 36.8. The third-order valence-electron chi connectivity index (χ3n) is 16.2. The van der Waals surface area contributed by atoms with Crippen LogP contribution in [-0.2, 0) is 0 Å². The molecule has 68 heavy (non-hydrogen) atoms. The van der Waals surface area contributed by atoms with Crippen LogP contribution in [0.5, 0.6) is 0 Å². The van der Waals surface area contributed by atoms with E-state index in [4.69, 9.17) is 0 Å². The molecule has 0 aliphatic heterocycles. The van der Waals surface area contributed by atoms with Crippen LogP contribution in [0.2, 0.25) is 0 Å². The minimum absolute atomic E-state index is 1.24. The fourth-order valence-corrected chi connectivity index (χ4v) is 13.5. The van der Waals surface area contributed by atoms with Gasteiger partial charge < -0.3 is 0 Å². The minimum atomic E-state index is 1.24. The van der Waals surface area contributed by atoms with E-state index in [-0.39, 0.29) is 0 Å². The van der Waals surface area contributed by atoms with Crippen LogP contribution in [0.15, 0.2) is 218 Å². The van der Waals surface area contributed by atoms with Crippen LogP contribution in [0, 0.1) is 0 Å². The molecule has 0 heterocycles. The Morgan fingerprint density at radius 1 is 0.162 bits per heavy atom. The van der Waals surface area contributed by atoms with Gasteiger partial charge in [0, 0.05) is 0 Å². The molecule has 17 rings (SSSR count). The van der Waals surface area contributed by atoms with Gasteiger partial charge in [0.2, 0.25) is 0 Å². The molecular formula is C68H36. The number of benzene rings is 14. The highest BCUT2D eigenvalue weighted by atomic mass is 14.3. The number of hydrogen-bond acceptors (Lipinski definition) is 0. The van der Waals surface area contributed by atoms with Gasteiger partial charge in [-0.15, -0.1) is 0 Å². The van der Waals surface area contributed by atoms with Gasteiger partial charge in [-0.1, -0.05) is 194 Å². The molecule has 0 aromatic heterocycles. The molecule has 0 saturated carbocycles. The van der Waals surface area contributed by atoms with Crippen molar-refractivity contribution in [1.29, 1.82) is 0 Å². The lowest BCUT2D eigenvalue weighted by Gasteiger charge is -2.16. The van der Waals surface area contributed by atoms with Crippen LogP contribution >= 0.6 is 0 Å². The first-order valence-electron chi connectivity index (χ1n) is 23.9.